The fraction of sp³-hybridized carbons (Fsp3) is 0.800. The van der Waals surface area contributed by atoms with Crippen LogP contribution in [0.4, 0.5) is 0 Å². The lowest BCUT2D eigenvalue weighted by Crippen LogP contribution is -2.42. The van der Waals surface area contributed by atoms with Gasteiger partial charge >= 0.3 is 11.9 Å². The Morgan fingerprint density at radius 1 is 1.13 bits per heavy atom. The molecule has 1 saturated carbocycles. The number of rotatable bonds is 8. The van der Waals surface area contributed by atoms with Gasteiger partial charge in [0.05, 0.1) is 0 Å². The first-order valence-electron chi connectivity index (χ1n) is 7.95. The molecule has 0 radical (unpaired) electrons. The highest BCUT2D eigenvalue weighted by atomic mass is 16.4. The zero-order valence-corrected chi connectivity index (χ0v) is 13.9. The minimum absolute atomic E-state index is 0.0950. The number of nitrogens with two attached hydrogens (primary N) is 1. The van der Waals surface area contributed by atoms with Gasteiger partial charge in [0.15, 0.2) is 0 Å². The average molecular weight is 331 g/mol. The van der Waals surface area contributed by atoms with Crippen LogP contribution in [0.25, 0.3) is 0 Å². The molecular weight excluding hydrogens is 302 g/mol. The van der Waals surface area contributed by atoms with Gasteiger partial charge in [-0.3, -0.25) is 14.4 Å². The molecular formula is C15H29N3O5. The Balaban J connectivity index is 0.000000423. The Labute approximate surface area is 136 Å². The van der Waals surface area contributed by atoms with E-state index < -0.39 is 29.9 Å². The van der Waals surface area contributed by atoms with Crippen LogP contribution in [0.5, 0.6) is 0 Å². The van der Waals surface area contributed by atoms with E-state index in [1.54, 1.807) is 6.92 Å². The molecule has 0 unspecified atom stereocenters. The molecule has 0 saturated heterocycles. The van der Waals surface area contributed by atoms with E-state index in [9.17, 15) is 14.4 Å². The van der Waals surface area contributed by atoms with Crippen LogP contribution in [-0.4, -0.2) is 53.2 Å². The summed E-state index contributed by atoms with van der Waals surface area (Å²) in [6.07, 6.45) is 6.39. The number of carbonyl (C=O) groups excluding carboxylic acids is 1. The van der Waals surface area contributed by atoms with Crippen LogP contribution >= 0.6 is 0 Å². The molecule has 6 N–H and O–H groups in total. The number of primary amides is 1. The van der Waals surface area contributed by atoms with Crippen molar-refractivity contribution in [1.82, 2.24) is 10.6 Å². The van der Waals surface area contributed by atoms with E-state index in [2.05, 4.69) is 10.6 Å². The van der Waals surface area contributed by atoms with E-state index >= 15 is 0 Å². The molecule has 0 aliphatic heterocycles. The number of amides is 1. The van der Waals surface area contributed by atoms with Crippen LogP contribution in [0.2, 0.25) is 0 Å². The molecule has 0 aromatic rings. The number of hydrogen-bond acceptors (Lipinski definition) is 5. The van der Waals surface area contributed by atoms with Gasteiger partial charge in [-0.1, -0.05) is 19.3 Å². The molecule has 0 aromatic carbocycles. The minimum Gasteiger partial charge on any atom is -0.480 e. The predicted octanol–water partition coefficient (Wildman–Crippen LogP) is 0.306. The van der Waals surface area contributed by atoms with Gasteiger partial charge in [-0.15, -0.1) is 0 Å². The fourth-order valence-electron chi connectivity index (χ4n) is 2.37. The molecule has 1 fully saturated rings. The second kappa shape index (κ2) is 11.8. The number of likely N-dealkylation sites (N-methyl/N-ethyl adjacent to an activating group) is 1. The van der Waals surface area contributed by atoms with Crippen LogP contribution in [0.15, 0.2) is 0 Å². The highest BCUT2D eigenvalue weighted by molar-refractivity contribution is 5.77. The molecule has 134 valence electrons. The van der Waals surface area contributed by atoms with Crippen LogP contribution < -0.4 is 16.4 Å². The highest BCUT2D eigenvalue weighted by Crippen LogP contribution is 2.17. The molecule has 0 spiro atoms. The lowest BCUT2D eigenvalue weighted by atomic mass is 9.95. The fourth-order valence-corrected chi connectivity index (χ4v) is 2.37. The van der Waals surface area contributed by atoms with Gasteiger partial charge in [0, 0.05) is 12.5 Å². The van der Waals surface area contributed by atoms with Gasteiger partial charge in [0.2, 0.25) is 5.91 Å². The SMILES string of the molecule is CN[C@@H](CCC(N)=O)C(=O)O.C[C@H](NC1CCCCC1)C(=O)O. The summed E-state index contributed by atoms with van der Waals surface area (Å²) in [6, 6.07) is -0.638. The summed E-state index contributed by atoms with van der Waals surface area (Å²) in [6.45, 7) is 1.71. The Hall–Kier alpha value is -1.67. The molecule has 1 amide bonds. The monoisotopic (exact) mass is 331 g/mol. The van der Waals surface area contributed by atoms with Gasteiger partial charge in [-0.25, -0.2) is 0 Å². The Morgan fingerprint density at radius 3 is 2.09 bits per heavy atom. The summed E-state index contributed by atoms with van der Waals surface area (Å²) in [4.78, 5) is 31.1. The van der Waals surface area contributed by atoms with Crippen LogP contribution in [0, 0.1) is 0 Å². The van der Waals surface area contributed by atoms with Gasteiger partial charge in [0.1, 0.15) is 12.1 Å². The molecule has 1 rings (SSSR count). The smallest absolute Gasteiger partial charge is 0.320 e. The maximum atomic E-state index is 10.5. The molecule has 8 heteroatoms. The molecule has 0 bridgehead atoms. The third-order valence-electron chi connectivity index (χ3n) is 3.79. The third kappa shape index (κ3) is 10.6. The number of carboxylic acid groups (broad SMARTS) is 2. The summed E-state index contributed by atoms with van der Waals surface area (Å²) >= 11 is 0. The first-order valence-corrected chi connectivity index (χ1v) is 7.95. The number of carboxylic acids is 2. The van der Waals surface area contributed by atoms with Crippen LogP contribution in [-0.2, 0) is 14.4 Å². The average Bonchev–Trinajstić information content (AvgIpc) is 2.48. The lowest BCUT2D eigenvalue weighted by Gasteiger charge is -2.24. The van der Waals surface area contributed by atoms with Crippen molar-refractivity contribution in [1.29, 1.82) is 0 Å². The van der Waals surface area contributed by atoms with Crippen molar-refractivity contribution in [3.05, 3.63) is 0 Å². The molecule has 8 nitrogen and oxygen atoms in total. The van der Waals surface area contributed by atoms with Crippen molar-refractivity contribution in [3.63, 3.8) is 0 Å². The van der Waals surface area contributed by atoms with Crippen molar-refractivity contribution in [2.45, 2.75) is 70.0 Å². The topological polar surface area (TPSA) is 142 Å². The maximum absolute atomic E-state index is 10.5. The van der Waals surface area contributed by atoms with E-state index in [1.165, 1.54) is 26.3 Å². The third-order valence-corrected chi connectivity index (χ3v) is 3.79. The zero-order valence-electron chi connectivity index (χ0n) is 13.9. The summed E-state index contributed by atoms with van der Waals surface area (Å²) in [5.74, 6) is -2.19. The molecule has 0 heterocycles. The predicted molar refractivity (Wildman–Crippen MR) is 86.0 cm³/mol. The first-order chi connectivity index (χ1) is 10.8. The second-order valence-corrected chi connectivity index (χ2v) is 5.75. The summed E-state index contributed by atoms with van der Waals surface area (Å²) < 4.78 is 0. The normalized spacial score (nSPS) is 17.5. The maximum Gasteiger partial charge on any atom is 0.320 e. The first kappa shape index (κ1) is 21.3. The lowest BCUT2D eigenvalue weighted by molar-refractivity contribution is -0.140. The van der Waals surface area contributed by atoms with Crippen molar-refractivity contribution in [2.75, 3.05) is 7.05 Å². The van der Waals surface area contributed by atoms with Crippen molar-refractivity contribution in [3.8, 4) is 0 Å². The Bertz CT molecular complexity index is 383. The van der Waals surface area contributed by atoms with Gasteiger partial charge in [0.25, 0.3) is 0 Å². The standard InChI is InChI=1S/C9H17NO2.C6H12N2O3/c1-7(9(11)12)10-8-5-3-2-4-6-8;1-8-4(6(10)11)2-3-5(7)9/h7-8,10H,2-6H2,1H3,(H,11,12);4,8H,2-3H2,1H3,(H2,7,9)(H,10,11)/t7-;4-/m00/s1. The molecule has 1 aliphatic rings. The van der Waals surface area contributed by atoms with Gasteiger partial charge in [-0.05, 0) is 33.2 Å². The van der Waals surface area contributed by atoms with Crippen molar-refractivity contribution >= 4 is 17.8 Å². The van der Waals surface area contributed by atoms with E-state index in [0.29, 0.717) is 6.04 Å². The zero-order chi connectivity index (χ0) is 17.8. The van der Waals surface area contributed by atoms with Gasteiger partial charge in [-0.2, -0.15) is 0 Å². The minimum atomic E-state index is -0.964. The Morgan fingerprint density at radius 2 is 1.70 bits per heavy atom. The molecule has 0 aromatic heterocycles. The number of aliphatic carboxylic acids is 2. The number of nitrogens with one attached hydrogen (secondary N) is 2. The summed E-state index contributed by atoms with van der Waals surface area (Å²) in [5.41, 5.74) is 4.84. The number of hydrogen-bond donors (Lipinski definition) is 5. The highest BCUT2D eigenvalue weighted by Gasteiger charge is 2.18. The largest absolute Gasteiger partial charge is 0.480 e. The van der Waals surface area contributed by atoms with E-state index in [4.69, 9.17) is 15.9 Å². The quantitative estimate of drug-likeness (QED) is 0.431. The molecule has 23 heavy (non-hydrogen) atoms. The van der Waals surface area contributed by atoms with E-state index in [1.807, 2.05) is 0 Å². The van der Waals surface area contributed by atoms with E-state index in [0.717, 1.165) is 12.8 Å². The summed E-state index contributed by atoms with van der Waals surface area (Å²) in [5, 5.41) is 22.8. The molecule has 1 aliphatic carbocycles. The van der Waals surface area contributed by atoms with Gasteiger partial charge < -0.3 is 26.6 Å². The second-order valence-electron chi connectivity index (χ2n) is 5.75. The number of carbonyl (C=O) groups is 3. The molecule has 2 atom stereocenters. The van der Waals surface area contributed by atoms with E-state index in [-0.39, 0.29) is 12.8 Å². The summed E-state index contributed by atoms with van der Waals surface area (Å²) in [7, 11) is 1.53. The Kier molecular flexibility index (Phi) is 11.0. The van der Waals surface area contributed by atoms with Crippen LogP contribution in [0.3, 0.4) is 0 Å². The van der Waals surface area contributed by atoms with Crippen molar-refractivity contribution in [2.24, 2.45) is 5.73 Å². The van der Waals surface area contributed by atoms with Crippen LogP contribution in [0.1, 0.15) is 51.9 Å². The van der Waals surface area contributed by atoms with Crippen molar-refractivity contribution < 1.29 is 24.6 Å².